The number of hydrogen-bond donors (Lipinski definition) is 0. The quantitative estimate of drug-likeness (QED) is 0.488. The van der Waals surface area contributed by atoms with Crippen LogP contribution in [0.5, 0.6) is 5.75 Å². The zero-order chi connectivity index (χ0) is 20.0. The van der Waals surface area contributed by atoms with Gasteiger partial charge in [0.15, 0.2) is 16.6 Å². The van der Waals surface area contributed by atoms with Crippen LogP contribution < -0.4 is 15.8 Å². The second kappa shape index (κ2) is 6.93. The van der Waals surface area contributed by atoms with E-state index in [4.69, 9.17) is 13.6 Å². The van der Waals surface area contributed by atoms with Crippen LogP contribution in [0.25, 0.3) is 21.9 Å². The molecule has 1 radical (unpaired) electrons. The van der Waals surface area contributed by atoms with Crippen LogP contribution in [0.4, 0.5) is 4.39 Å². The number of hydrogen-bond acceptors (Lipinski definition) is 5. The van der Waals surface area contributed by atoms with Crippen LogP contribution in [-0.4, -0.2) is 6.10 Å². The number of ether oxygens (including phenoxy) is 1. The van der Waals surface area contributed by atoms with Crippen molar-refractivity contribution in [2.75, 3.05) is 0 Å². The highest BCUT2D eigenvalue weighted by Gasteiger charge is 2.28. The molecule has 2 aromatic heterocycles. The van der Waals surface area contributed by atoms with E-state index in [9.17, 15) is 14.0 Å². The standard InChI is InChI=1S/C22H20FO5/c1-4-6-7-12-8-9-14-19(27-12)16-13(5-2)18(23)22(25)28-21(16)17-15(24)10-11(3)26-20(14)17/h8,10,12H,4-7H2,1-3H3. The number of aryl methyl sites for hydroxylation is 2. The van der Waals surface area contributed by atoms with Gasteiger partial charge in [-0.25, -0.2) is 4.79 Å². The lowest BCUT2D eigenvalue weighted by Crippen LogP contribution is -2.20. The Bertz CT molecular complexity index is 1230. The lowest BCUT2D eigenvalue weighted by molar-refractivity contribution is 0.230. The Hall–Kier alpha value is -2.89. The summed E-state index contributed by atoms with van der Waals surface area (Å²) in [6.45, 7) is 5.49. The van der Waals surface area contributed by atoms with Crippen LogP contribution in [0, 0.1) is 18.8 Å². The predicted molar refractivity (Wildman–Crippen MR) is 103 cm³/mol. The Balaban J connectivity index is 2.18. The van der Waals surface area contributed by atoms with Crippen molar-refractivity contribution < 1.29 is 18.0 Å². The first-order chi connectivity index (χ1) is 13.5. The van der Waals surface area contributed by atoms with Gasteiger partial charge in [0.1, 0.15) is 23.0 Å². The molecule has 0 N–H and O–H groups in total. The fourth-order valence-electron chi connectivity index (χ4n) is 3.69. The van der Waals surface area contributed by atoms with Gasteiger partial charge < -0.3 is 13.6 Å². The summed E-state index contributed by atoms with van der Waals surface area (Å²) in [6.07, 6.45) is 7.73. The second-order valence-corrected chi connectivity index (χ2v) is 6.98. The van der Waals surface area contributed by atoms with Gasteiger partial charge in [-0.1, -0.05) is 20.3 Å². The Morgan fingerprint density at radius 2 is 1.93 bits per heavy atom. The number of fused-ring (bicyclic) bond motifs is 6. The van der Waals surface area contributed by atoms with E-state index in [-0.39, 0.29) is 40.1 Å². The van der Waals surface area contributed by atoms with Crippen molar-refractivity contribution in [1.82, 2.24) is 0 Å². The number of rotatable bonds is 4. The highest BCUT2D eigenvalue weighted by Crippen LogP contribution is 2.42. The van der Waals surface area contributed by atoms with E-state index in [1.54, 1.807) is 19.9 Å². The van der Waals surface area contributed by atoms with Gasteiger partial charge in [0.25, 0.3) is 0 Å². The highest BCUT2D eigenvalue weighted by atomic mass is 19.1. The fourth-order valence-corrected chi connectivity index (χ4v) is 3.69. The zero-order valence-electron chi connectivity index (χ0n) is 16.0. The smallest absolute Gasteiger partial charge is 0.372 e. The molecular weight excluding hydrogens is 363 g/mol. The van der Waals surface area contributed by atoms with Crippen molar-refractivity contribution in [2.45, 2.75) is 52.6 Å². The van der Waals surface area contributed by atoms with E-state index in [1.807, 2.05) is 0 Å². The van der Waals surface area contributed by atoms with Gasteiger partial charge in [-0.05, 0) is 38.3 Å². The molecule has 0 fully saturated rings. The van der Waals surface area contributed by atoms with E-state index in [2.05, 4.69) is 13.0 Å². The summed E-state index contributed by atoms with van der Waals surface area (Å²) in [5, 5.41) is 0.406. The molecule has 0 saturated carbocycles. The van der Waals surface area contributed by atoms with E-state index in [0.29, 0.717) is 22.5 Å². The van der Waals surface area contributed by atoms with Crippen LogP contribution in [0.2, 0.25) is 0 Å². The van der Waals surface area contributed by atoms with Crippen molar-refractivity contribution in [3.8, 4) is 5.75 Å². The average Bonchev–Trinajstić information content (AvgIpc) is 2.67. The Morgan fingerprint density at radius 3 is 2.64 bits per heavy atom. The summed E-state index contributed by atoms with van der Waals surface area (Å²) >= 11 is 0. The molecule has 1 atom stereocenters. The number of unbranched alkanes of at least 4 members (excludes halogenated alkanes) is 1. The molecule has 0 spiro atoms. The largest absolute Gasteiger partial charge is 0.485 e. The summed E-state index contributed by atoms with van der Waals surface area (Å²) in [7, 11) is 0. The zero-order valence-corrected chi connectivity index (χ0v) is 16.0. The van der Waals surface area contributed by atoms with Crippen LogP contribution in [-0.2, 0) is 6.42 Å². The van der Waals surface area contributed by atoms with E-state index in [1.165, 1.54) is 6.07 Å². The van der Waals surface area contributed by atoms with Gasteiger partial charge in [0.2, 0.25) is 5.82 Å². The van der Waals surface area contributed by atoms with Crippen molar-refractivity contribution in [3.05, 3.63) is 61.6 Å². The van der Waals surface area contributed by atoms with E-state index in [0.717, 1.165) is 19.3 Å². The predicted octanol–water partition coefficient (Wildman–Crippen LogP) is 4.57. The summed E-state index contributed by atoms with van der Waals surface area (Å²) in [6, 6.07) is 1.32. The van der Waals surface area contributed by atoms with Crippen LogP contribution >= 0.6 is 0 Å². The summed E-state index contributed by atoms with van der Waals surface area (Å²) < 4.78 is 31.8. The van der Waals surface area contributed by atoms with E-state index < -0.39 is 11.4 Å². The maximum Gasteiger partial charge on any atom is 0.372 e. The molecule has 3 aromatic rings. The topological polar surface area (TPSA) is 69.7 Å². The molecule has 1 aliphatic rings. The highest BCUT2D eigenvalue weighted by molar-refractivity contribution is 6.08. The monoisotopic (exact) mass is 383 g/mol. The second-order valence-electron chi connectivity index (χ2n) is 6.98. The third-order valence-corrected chi connectivity index (χ3v) is 5.03. The summed E-state index contributed by atoms with van der Waals surface area (Å²) in [5.41, 5.74) is -0.624. The molecule has 1 aromatic carbocycles. The molecule has 145 valence electrons. The number of benzene rings is 1. The van der Waals surface area contributed by atoms with Gasteiger partial charge >= 0.3 is 5.63 Å². The maximum absolute atomic E-state index is 14.6. The Labute approximate surface area is 160 Å². The molecule has 5 nitrogen and oxygen atoms in total. The SMILES string of the molecule is CCCCC1C=[C]c2c(c3c(CC)c(F)c(=O)oc3c3c(=O)cc(C)oc23)O1. The van der Waals surface area contributed by atoms with Gasteiger partial charge in [0.05, 0.1) is 10.9 Å². The minimum atomic E-state index is -1.11. The minimum absolute atomic E-state index is 0.00342. The molecule has 1 aliphatic heterocycles. The van der Waals surface area contributed by atoms with Crippen molar-refractivity contribution >= 4 is 21.9 Å². The van der Waals surface area contributed by atoms with Crippen molar-refractivity contribution in [2.24, 2.45) is 0 Å². The van der Waals surface area contributed by atoms with Crippen LogP contribution in [0.15, 0.2) is 30.6 Å². The van der Waals surface area contributed by atoms with Crippen LogP contribution in [0.3, 0.4) is 0 Å². The van der Waals surface area contributed by atoms with Gasteiger partial charge in [-0.2, -0.15) is 4.39 Å². The summed E-state index contributed by atoms with van der Waals surface area (Å²) in [4.78, 5) is 24.8. The third kappa shape index (κ3) is 2.75. The molecule has 3 heterocycles. The Kier molecular flexibility index (Phi) is 4.57. The maximum atomic E-state index is 14.6. The van der Waals surface area contributed by atoms with E-state index >= 15 is 0 Å². The van der Waals surface area contributed by atoms with Gasteiger partial charge in [0, 0.05) is 11.6 Å². The van der Waals surface area contributed by atoms with Crippen LogP contribution in [0.1, 0.15) is 50.0 Å². The molecule has 28 heavy (non-hydrogen) atoms. The lowest BCUT2D eigenvalue weighted by Gasteiger charge is -2.24. The molecule has 0 aliphatic carbocycles. The molecule has 1 unspecified atom stereocenters. The summed E-state index contributed by atoms with van der Waals surface area (Å²) in [5.74, 6) is -0.204. The first-order valence-corrected chi connectivity index (χ1v) is 9.48. The van der Waals surface area contributed by atoms with Gasteiger partial charge in [-0.15, -0.1) is 0 Å². The minimum Gasteiger partial charge on any atom is -0.485 e. The molecule has 4 rings (SSSR count). The lowest BCUT2D eigenvalue weighted by atomic mass is 9.96. The first kappa shape index (κ1) is 18.5. The van der Waals surface area contributed by atoms with Crippen molar-refractivity contribution in [3.63, 3.8) is 0 Å². The number of halogens is 1. The molecule has 0 bridgehead atoms. The molecular formula is C22H20FO5. The fraction of sp³-hybridized carbons (Fsp3) is 0.364. The molecule has 0 saturated heterocycles. The van der Waals surface area contributed by atoms with Gasteiger partial charge in [-0.3, -0.25) is 4.79 Å². The first-order valence-electron chi connectivity index (χ1n) is 9.48. The third-order valence-electron chi connectivity index (χ3n) is 5.03. The van der Waals surface area contributed by atoms with Crippen molar-refractivity contribution in [1.29, 1.82) is 0 Å². The molecule has 0 amide bonds. The average molecular weight is 383 g/mol. The molecule has 6 heteroatoms. The Morgan fingerprint density at radius 1 is 1.14 bits per heavy atom. The normalized spacial score (nSPS) is 15.8.